The molecule has 124 valence electrons. The average molecular weight is 404 g/mol. The number of H-pyrrole nitrogens is 2. The van der Waals surface area contributed by atoms with Crippen LogP contribution in [-0.4, -0.2) is 12.3 Å². The summed E-state index contributed by atoms with van der Waals surface area (Å²) in [5.41, 5.74) is 12.7. The van der Waals surface area contributed by atoms with E-state index in [9.17, 15) is 0 Å². The first kappa shape index (κ1) is 23.8. The van der Waals surface area contributed by atoms with Crippen LogP contribution in [0.25, 0.3) is 0 Å². The maximum atomic E-state index is 6.07. The summed E-state index contributed by atoms with van der Waals surface area (Å²) < 4.78 is 0. The number of thioether (sulfide) groups is 1. The van der Waals surface area contributed by atoms with Gasteiger partial charge in [-0.15, -0.1) is 11.8 Å². The van der Waals surface area contributed by atoms with E-state index in [0.29, 0.717) is 10.8 Å². The number of aromatic amines is 2. The van der Waals surface area contributed by atoms with Gasteiger partial charge < -0.3 is 48.7 Å². The quantitative estimate of drug-likeness (QED) is 0.486. The van der Waals surface area contributed by atoms with Crippen LogP contribution in [0.4, 0.5) is 5.69 Å². The number of rotatable bonds is 5. The van der Waals surface area contributed by atoms with Crippen molar-refractivity contribution < 1.29 is 52.9 Å². The molecule has 0 amide bonds. The number of nitrogens with two attached hydrogens (primary N) is 1. The van der Waals surface area contributed by atoms with Crippen LogP contribution in [0.5, 0.6) is 0 Å². The molecule has 22 heavy (non-hydrogen) atoms. The number of nitrogen functional groups attached to an aromatic ring is 1. The molecule has 2 aromatic rings. The van der Waals surface area contributed by atoms with Gasteiger partial charge in [-0.1, -0.05) is 6.07 Å². The monoisotopic (exact) mass is 402 g/mol. The highest BCUT2D eigenvalue weighted by atomic mass is 35.5. The molecule has 2 heterocycles. The maximum absolute atomic E-state index is 6.07. The summed E-state index contributed by atoms with van der Waals surface area (Å²) in [6.07, 6.45) is 1.91. The Kier molecular flexibility index (Phi) is 13.1. The fraction of sp³-hybridized carbons (Fsp3) is 0.231. The molecule has 0 aromatic carbocycles. The van der Waals surface area contributed by atoms with Crippen LogP contribution in [0, 0.1) is 0 Å². The largest absolute Gasteiger partial charge is 1.00 e. The Balaban J connectivity index is 0. The molecule has 0 saturated heterocycles. The number of quaternary nitrogens is 1. The number of aromatic nitrogens is 2. The molecular weight excluding hydrogens is 386 g/mol. The van der Waals surface area contributed by atoms with Gasteiger partial charge in [0.15, 0.2) is 11.4 Å². The van der Waals surface area contributed by atoms with Crippen LogP contribution < -0.4 is 58.7 Å². The fourth-order valence-corrected chi connectivity index (χ4v) is 3.07. The summed E-state index contributed by atoms with van der Waals surface area (Å²) in [6.45, 7) is 0.870. The lowest BCUT2D eigenvalue weighted by Gasteiger charge is -2.09. The van der Waals surface area contributed by atoms with E-state index in [0.717, 1.165) is 23.7 Å². The summed E-state index contributed by atoms with van der Waals surface area (Å²) in [5.74, 6) is 0.952. The number of nitrogens with one attached hydrogen (secondary N) is 2. The van der Waals surface area contributed by atoms with Crippen molar-refractivity contribution in [1.82, 2.24) is 0 Å². The molecule has 0 aliphatic heterocycles. The van der Waals surface area contributed by atoms with Gasteiger partial charge in [-0.05, 0) is 17.7 Å². The van der Waals surface area contributed by atoms with Crippen molar-refractivity contribution in [1.29, 1.82) is 0 Å². The Morgan fingerprint density at radius 2 is 1.91 bits per heavy atom. The van der Waals surface area contributed by atoms with Crippen LogP contribution >= 0.6 is 23.4 Å². The van der Waals surface area contributed by atoms with E-state index in [2.05, 4.69) is 21.8 Å². The number of anilines is 1. The van der Waals surface area contributed by atoms with Crippen LogP contribution in [-0.2, 0) is 0 Å². The summed E-state index contributed by atoms with van der Waals surface area (Å²) in [6, 6.07) is 9.60. The second-order valence-corrected chi connectivity index (χ2v) is 5.72. The van der Waals surface area contributed by atoms with Gasteiger partial charge in [0.25, 0.3) is 5.15 Å². The Labute approximate surface area is 158 Å². The Morgan fingerprint density at radius 3 is 2.50 bits per heavy atom. The fourth-order valence-electron chi connectivity index (χ4n) is 1.81. The zero-order valence-electron chi connectivity index (χ0n) is 11.7. The van der Waals surface area contributed by atoms with Crippen LogP contribution in [0.15, 0.2) is 36.5 Å². The van der Waals surface area contributed by atoms with Gasteiger partial charge in [0, 0.05) is 24.0 Å². The topological polar surface area (TPSA) is 81.9 Å². The van der Waals surface area contributed by atoms with Crippen molar-refractivity contribution in [3.63, 3.8) is 0 Å². The average Bonchev–Trinajstić information content (AvgIpc) is 2.44. The zero-order chi connectivity index (χ0) is 13.7. The minimum Gasteiger partial charge on any atom is -1.00 e. The highest BCUT2D eigenvalue weighted by molar-refractivity contribution is 7.99. The molecule has 7 N–H and O–H groups in total. The van der Waals surface area contributed by atoms with E-state index in [1.807, 2.05) is 24.4 Å². The predicted octanol–water partition coefficient (Wildman–Crippen LogP) is -8.37. The van der Waals surface area contributed by atoms with Gasteiger partial charge in [0.2, 0.25) is 11.4 Å². The van der Waals surface area contributed by atoms with Gasteiger partial charge in [-0.3, -0.25) is 0 Å². The lowest BCUT2D eigenvalue weighted by Crippen LogP contribution is -3.00. The first-order chi connectivity index (χ1) is 9.22. The van der Waals surface area contributed by atoms with Crippen LogP contribution in [0.2, 0.25) is 5.15 Å². The zero-order valence-corrected chi connectivity index (χ0v) is 15.5. The molecule has 1 atom stereocenters. The van der Waals surface area contributed by atoms with Gasteiger partial charge in [-0.2, -0.15) is 4.98 Å². The van der Waals surface area contributed by atoms with Crippen molar-refractivity contribution in [3.8, 4) is 0 Å². The molecule has 2 aromatic heterocycles. The summed E-state index contributed by atoms with van der Waals surface area (Å²) in [7, 11) is 0. The summed E-state index contributed by atoms with van der Waals surface area (Å²) in [4.78, 5) is 6.42. The second kappa shape index (κ2) is 12.0. The van der Waals surface area contributed by atoms with Gasteiger partial charge in [0.1, 0.15) is 5.69 Å². The smallest absolute Gasteiger partial charge is 0.273 e. The lowest BCUT2D eigenvalue weighted by molar-refractivity contribution is -0.405. The van der Waals surface area contributed by atoms with E-state index >= 15 is 0 Å². The minimum absolute atomic E-state index is 0. The SMILES string of the molecule is Nc1ccc(Cl)[nH+]c1C(SCC[NH3+])c1cccc[nH+]1.[Cl-].[Cl-].[Cl-]. The molecule has 0 fully saturated rings. The normalized spacial score (nSPS) is 10.6. The van der Waals surface area contributed by atoms with Crippen molar-refractivity contribution in [2.24, 2.45) is 0 Å². The molecule has 9 heteroatoms. The molecule has 0 radical (unpaired) electrons. The summed E-state index contributed by atoms with van der Waals surface area (Å²) in [5, 5.41) is 0.682. The van der Waals surface area contributed by atoms with Crippen LogP contribution in [0.3, 0.4) is 0 Å². The molecule has 0 aliphatic rings. The Bertz CT molecular complexity index is 545. The molecule has 4 nitrogen and oxygen atoms in total. The molecule has 0 aliphatic carbocycles. The van der Waals surface area contributed by atoms with Crippen molar-refractivity contribution >= 4 is 29.1 Å². The third-order valence-corrected chi connectivity index (χ3v) is 4.25. The van der Waals surface area contributed by atoms with E-state index in [4.69, 9.17) is 17.3 Å². The molecule has 2 rings (SSSR count). The van der Waals surface area contributed by atoms with E-state index in [1.165, 1.54) is 0 Å². The molecular formula is C13H18Cl4N4S. The van der Waals surface area contributed by atoms with Crippen molar-refractivity contribution in [2.45, 2.75) is 5.25 Å². The van der Waals surface area contributed by atoms with E-state index in [1.54, 1.807) is 17.8 Å². The van der Waals surface area contributed by atoms with Gasteiger partial charge in [0.05, 0.1) is 6.54 Å². The van der Waals surface area contributed by atoms with Gasteiger partial charge in [-0.25, -0.2) is 4.98 Å². The molecule has 0 spiro atoms. The van der Waals surface area contributed by atoms with E-state index < -0.39 is 0 Å². The molecule has 1 unspecified atom stereocenters. The van der Waals surface area contributed by atoms with Crippen molar-refractivity contribution in [2.75, 3.05) is 18.0 Å². The Morgan fingerprint density at radius 1 is 1.18 bits per heavy atom. The lowest BCUT2D eigenvalue weighted by atomic mass is 10.1. The van der Waals surface area contributed by atoms with Crippen molar-refractivity contribution in [3.05, 3.63) is 53.1 Å². The highest BCUT2D eigenvalue weighted by Crippen LogP contribution is 2.33. The third kappa shape index (κ3) is 6.36. The van der Waals surface area contributed by atoms with Crippen LogP contribution in [0.1, 0.15) is 16.6 Å². The number of pyridine rings is 2. The minimum atomic E-state index is 0. The predicted molar refractivity (Wildman–Crippen MR) is 77.5 cm³/mol. The van der Waals surface area contributed by atoms with E-state index in [-0.39, 0.29) is 42.5 Å². The standard InChI is InChI=1S/C13H15ClN4S.3ClH/c14-11-5-4-9(16)12(18-11)13(19-8-6-15)10-3-1-2-7-17-10;;;/h1-5,7,13H,6,8,15-16H2;3*1H. The molecule has 0 bridgehead atoms. The first-order valence-electron chi connectivity index (χ1n) is 6.07. The highest BCUT2D eigenvalue weighted by Gasteiger charge is 2.28. The maximum Gasteiger partial charge on any atom is 0.273 e. The molecule has 0 saturated carbocycles. The second-order valence-electron chi connectivity index (χ2n) is 4.10. The Hall–Kier alpha value is -0.430. The number of hydrogen-bond donors (Lipinski definition) is 2. The van der Waals surface area contributed by atoms with Gasteiger partial charge >= 0.3 is 0 Å². The third-order valence-electron chi connectivity index (χ3n) is 2.68. The summed E-state index contributed by atoms with van der Waals surface area (Å²) >= 11 is 7.83. The first-order valence-corrected chi connectivity index (χ1v) is 7.49. The number of hydrogen-bond acceptors (Lipinski definition) is 2. The number of halogens is 4.